The molecule has 62 valence electrons. The predicted molar refractivity (Wildman–Crippen MR) is 45.3 cm³/mol. The summed E-state index contributed by atoms with van der Waals surface area (Å²) < 4.78 is 1.64. The smallest absolute Gasteiger partial charge is 0.158 e. The maximum atomic E-state index is 5.90. The van der Waals surface area contributed by atoms with E-state index in [-0.39, 0.29) is 0 Å². The fourth-order valence-corrected chi connectivity index (χ4v) is 1.46. The molecule has 0 N–H and O–H groups in total. The third-order valence-corrected chi connectivity index (χ3v) is 1.90. The summed E-state index contributed by atoms with van der Waals surface area (Å²) >= 11 is 5.90. The Kier molecular flexibility index (Phi) is 1.51. The standard InChI is InChI=1S/C7H7ClN4/c1-4-6-7(8)10-5(2)11-12(6)3-9-4/h3H,1-2H3. The molecule has 5 heteroatoms. The molecule has 0 amide bonds. The Morgan fingerprint density at radius 2 is 2.17 bits per heavy atom. The highest BCUT2D eigenvalue weighted by molar-refractivity contribution is 6.32. The average Bonchev–Trinajstić information content (AvgIpc) is 2.31. The van der Waals surface area contributed by atoms with Gasteiger partial charge in [0.25, 0.3) is 0 Å². The van der Waals surface area contributed by atoms with Crippen molar-refractivity contribution in [2.45, 2.75) is 13.8 Å². The van der Waals surface area contributed by atoms with E-state index in [0.29, 0.717) is 11.0 Å². The third-order valence-electron chi connectivity index (χ3n) is 1.64. The van der Waals surface area contributed by atoms with Crippen LogP contribution in [0.25, 0.3) is 5.52 Å². The van der Waals surface area contributed by atoms with Gasteiger partial charge in [-0.3, -0.25) is 0 Å². The number of aromatic nitrogens is 4. The summed E-state index contributed by atoms with van der Waals surface area (Å²) in [6.45, 7) is 3.67. The van der Waals surface area contributed by atoms with Crippen LogP contribution in [0.4, 0.5) is 0 Å². The first-order chi connectivity index (χ1) is 5.68. The van der Waals surface area contributed by atoms with Crippen molar-refractivity contribution in [1.82, 2.24) is 19.6 Å². The van der Waals surface area contributed by atoms with Crippen molar-refractivity contribution < 1.29 is 0 Å². The van der Waals surface area contributed by atoms with Crippen LogP contribution in [0.3, 0.4) is 0 Å². The molecule has 0 atom stereocenters. The molecule has 0 bridgehead atoms. The molecule has 12 heavy (non-hydrogen) atoms. The van der Waals surface area contributed by atoms with E-state index in [1.165, 1.54) is 0 Å². The second-order valence-corrected chi connectivity index (χ2v) is 2.93. The summed E-state index contributed by atoms with van der Waals surface area (Å²) in [5.41, 5.74) is 1.63. The zero-order valence-corrected chi connectivity index (χ0v) is 7.50. The Labute approximate surface area is 74.2 Å². The molecular formula is C7H7ClN4. The molecule has 2 rings (SSSR count). The molecular weight excluding hydrogens is 176 g/mol. The van der Waals surface area contributed by atoms with Crippen LogP contribution in [0.5, 0.6) is 0 Å². The van der Waals surface area contributed by atoms with Crippen LogP contribution in [-0.2, 0) is 0 Å². The fraction of sp³-hybridized carbons (Fsp3) is 0.286. The highest BCUT2D eigenvalue weighted by Gasteiger charge is 2.06. The first-order valence-electron chi connectivity index (χ1n) is 3.52. The van der Waals surface area contributed by atoms with Crippen molar-refractivity contribution in [3.05, 3.63) is 23.0 Å². The lowest BCUT2D eigenvalue weighted by atomic mass is 10.4. The molecule has 2 aromatic heterocycles. The number of fused-ring (bicyclic) bond motifs is 1. The highest BCUT2D eigenvalue weighted by atomic mass is 35.5. The van der Waals surface area contributed by atoms with Gasteiger partial charge in [-0.25, -0.2) is 14.5 Å². The molecule has 0 fully saturated rings. The van der Waals surface area contributed by atoms with Crippen molar-refractivity contribution in [2.75, 3.05) is 0 Å². The first kappa shape index (κ1) is 7.49. The number of halogens is 1. The van der Waals surface area contributed by atoms with Crippen LogP contribution < -0.4 is 0 Å². The van der Waals surface area contributed by atoms with Gasteiger partial charge in [-0.2, -0.15) is 5.10 Å². The van der Waals surface area contributed by atoms with Crippen LogP contribution in [0, 0.1) is 13.8 Å². The van der Waals surface area contributed by atoms with Crippen LogP contribution in [0.15, 0.2) is 6.33 Å². The number of imidazole rings is 1. The lowest BCUT2D eigenvalue weighted by Crippen LogP contribution is -1.97. The Hall–Kier alpha value is -1.16. The van der Waals surface area contributed by atoms with Crippen molar-refractivity contribution in [3.63, 3.8) is 0 Å². The lowest BCUT2D eigenvalue weighted by molar-refractivity contribution is 0.849. The van der Waals surface area contributed by atoms with Gasteiger partial charge in [-0.1, -0.05) is 11.6 Å². The van der Waals surface area contributed by atoms with Gasteiger partial charge in [0, 0.05) is 0 Å². The van der Waals surface area contributed by atoms with E-state index < -0.39 is 0 Å². The van der Waals surface area contributed by atoms with E-state index >= 15 is 0 Å². The summed E-state index contributed by atoms with van der Waals surface area (Å²) in [6, 6.07) is 0. The minimum Gasteiger partial charge on any atom is -0.239 e. The van der Waals surface area contributed by atoms with Gasteiger partial charge in [-0.15, -0.1) is 0 Å². The quantitative estimate of drug-likeness (QED) is 0.619. The Balaban J connectivity index is 2.93. The monoisotopic (exact) mass is 182 g/mol. The zero-order valence-electron chi connectivity index (χ0n) is 6.74. The minimum atomic E-state index is 0.456. The Morgan fingerprint density at radius 3 is 2.92 bits per heavy atom. The van der Waals surface area contributed by atoms with Gasteiger partial charge in [0.05, 0.1) is 5.69 Å². The normalized spacial score (nSPS) is 10.9. The third kappa shape index (κ3) is 0.956. The zero-order chi connectivity index (χ0) is 8.72. The van der Waals surface area contributed by atoms with Gasteiger partial charge in [0.1, 0.15) is 17.7 Å². The number of hydrogen-bond acceptors (Lipinski definition) is 3. The van der Waals surface area contributed by atoms with Gasteiger partial charge in [0.15, 0.2) is 5.15 Å². The molecule has 2 aromatic rings. The van der Waals surface area contributed by atoms with Crippen molar-refractivity contribution in [1.29, 1.82) is 0 Å². The lowest BCUT2D eigenvalue weighted by Gasteiger charge is -1.97. The minimum absolute atomic E-state index is 0.456. The maximum Gasteiger partial charge on any atom is 0.158 e. The molecule has 4 nitrogen and oxygen atoms in total. The predicted octanol–water partition coefficient (Wildman–Crippen LogP) is 1.39. The van der Waals surface area contributed by atoms with Crippen LogP contribution in [-0.4, -0.2) is 19.6 Å². The van der Waals surface area contributed by atoms with E-state index in [1.807, 2.05) is 6.92 Å². The van der Waals surface area contributed by atoms with Crippen LogP contribution in [0.2, 0.25) is 5.15 Å². The molecule has 0 aliphatic heterocycles. The maximum absolute atomic E-state index is 5.90. The second kappa shape index (κ2) is 2.42. The molecule has 2 heterocycles. The molecule has 0 spiro atoms. The summed E-state index contributed by atoms with van der Waals surface area (Å²) in [6.07, 6.45) is 1.63. The summed E-state index contributed by atoms with van der Waals surface area (Å²) in [7, 11) is 0. The molecule has 0 saturated carbocycles. The SMILES string of the molecule is Cc1nc(Cl)c2c(C)ncn2n1. The number of nitrogens with zero attached hydrogens (tertiary/aromatic N) is 4. The Bertz CT molecular complexity index is 434. The summed E-state index contributed by atoms with van der Waals surface area (Å²) in [4.78, 5) is 8.10. The second-order valence-electron chi connectivity index (χ2n) is 2.57. The number of aryl methyl sites for hydroxylation is 2. The van der Waals surface area contributed by atoms with Gasteiger partial charge in [0.2, 0.25) is 0 Å². The van der Waals surface area contributed by atoms with E-state index in [1.54, 1.807) is 17.8 Å². The van der Waals surface area contributed by atoms with E-state index in [9.17, 15) is 0 Å². The molecule has 0 aliphatic rings. The van der Waals surface area contributed by atoms with E-state index in [2.05, 4.69) is 15.1 Å². The van der Waals surface area contributed by atoms with Gasteiger partial charge >= 0.3 is 0 Å². The largest absolute Gasteiger partial charge is 0.239 e. The fourth-order valence-electron chi connectivity index (χ4n) is 1.12. The average molecular weight is 183 g/mol. The molecule has 0 aromatic carbocycles. The number of rotatable bonds is 0. The van der Waals surface area contributed by atoms with Gasteiger partial charge < -0.3 is 0 Å². The highest BCUT2D eigenvalue weighted by Crippen LogP contribution is 2.16. The van der Waals surface area contributed by atoms with E-state index in [0.717, 1.165) is 11.2 Å². The molecule has 0 unspecified atom stereocenters. The molecule has 0 radical (unpaired) electrons. The van der Waals surface area contributed by atoms with E-state index in [4.69, 9.17) is 11.6 Å². The van der Waals surface area contributed by atoms with Gasteiger partial charge in [-0.05, 0) is 13.8 Å². The van der Waals surface area contributed by atoms with Crippen LogP contribution in [0.1, 0.15) is 11.5 Å². The Morgan fingerprint density at radius 1 is 1.42 bits per heavy atom. The first-order valence-corrected chi connectivity index (χ1v) is 3.90. The van der Waals surface area contributed by atoms with Crippen molar-refractivity contribution in [3.8, 4) is 0 Å². The number of hydrogen-bond donors (Lipinski definition) is 0. The van der Waals surface area contributed by atoms with Crippen molar-refractivity contribution in [2.24, 2.45) is 0 Å². The van der Waals surface area contributed by atoms with Crippen LogP contribution >= 0.6 is 11.6 Å². The molecule has 0 aliphatic carbocycles. The topological polar surface area (TPSA) is 43.1 Å². The summed E-state index contributed by atoms with van der Waals surface area (Å²) in [5, 5.41) is 4.57. The molecule has 0 saturated heterocycles. The van der Waals surface area contributed by atoms with Crippen molar-refractivity contribution >= 4 is 17.1 Å². The summed E-state index contributed by atoms with van der Waals surface area (Å²) in [5.74, 6) is 0.643.